The first-order valence-electron chi connectivity index (χ1n) is 7.92. The van der Waals surface area contributed by atoms with Gasteiger partial charge in [-0.25, -0.2) is 0 Å². The number of rotatable bonds is 4. The van der Waals surface area contributed by atoms with Gasteiger partial charge in [0.1, 0.15) is 5.75 Å². The Bertz CT molecular complexity index is 423. The van der Waals surface area contributed by atoms with Gasteiger partial charge >= 0.3 is 0 Å². The number of hydrogen-bond donors (Lipinski definition) is 2. The van der Waals surface area contributed by atoms with E-state index in [-0.39, 0.29) is 5.60 Å². The molecule has 0 aromatic heterocycles. The summed E-state index contributed by atoms with van der Waals surface area (Å²) in [5.74, 6) is 0.326. The molecule has 1 unspecified atom stereocenters. The Kier molecular flexibility index (Phi) is 4.27. The van der Waals surface area contributed by atoms with Crippen LogP contribution in [0.2, 0.25) is 0 Å². The van der Waals surface area contributed by atoms with Gasteiger partial charge in [-0.2, -0.15) is 0 Å². The number of phenolic OH excluding ortho intramolecular Hbond substituents is 1. The molecule has 0 radical (unpaired) electrons. The average Bonchev–Trinajstić information content (AvgIpc) is 2.85. The molecule has 2 aliphatic rings. The van der Waals surface area contributed by atoms with E-state index in [1.54, 1.807) is 12.1 Å². The first kappa shape index (κ1) is 13.9. The third kappa shape index (κ3) is 3.33. The number of aromatic hydroxyl groups is 1. The summed E-state index contributed by atoms with van der Waals surface area (Å²) in [6, 6.07) is 7.39. The van der Waals surface area contributed by atoms with Crippen LogP contribution in [0.25, 0.3) is 0 Å². The third-order valence-electron chi connectivity index (χ3n) is 4.74. The zero-order valence-corrected chi connectivity index (χ0v) is 12.1. The van der Waals surface area contributed by atoms with Gasteiger partial charge < -0.3 is 15.2 Å². The monoisotopic (exact) mass is 275 g/mol. The summed E-state index contributed by atoms with van der Waals surface area (Å²) in [5.41, 5.74) is 1.43. The molecule has 1 aliphatic carbocycles. The lowest BCUT2D eigenvalue weighted by Crippen LogP contribution is -2.34. The van der Waals surface area contributed by atoms with Gasteiger partial charge in [-0.3, -0.25) is 0 Å². The van der Waals surface area contributed by atoms with Crippen molar-refractivity contribution >= 4 is 0 Å². The van der Waals surface area contributed by atoms with Gasteiger partial charge in [0, 0.05) is 13.1 Å². The molecular weight excluding hydrogens is 250 g/mol. The van der Waals surface area contributed by atoms with Gasteiger partial charge in [0.2, 0.25) is 0 Å². The van der Waals surface area contributed by atoms with E-state index >= 15 is 0 Å². The van der Waals surface area contributed by atoms with E-state index in [2.05, 4.69) is 5.32 Å². The molecule has 1 saturated carbocycles. The molecule has 1 aromatic rings. The van der Waals surface area contributed by atoms with Crippen LogP contribution in [0.3, 0.4) is 0 Å². The Morgan fingerprint density at radius 1 is 1.10 bits per heavy atom. The van der Waals surface area contributed by atoms with Crippen LogP contribution < -0.4 is 5.32 Å². The van der Waals surface area contributed by atoms with E-state index in [1.165, 1.54) is 50.5 Å². The quantitative estimate of drug-likeness (QED) is 0.885. The first-order chi connectivity index (χ1) is 9.76. The smallest absolute Gasteiger partial charge is 0.115 e. The molecule has 1 atom stereocenters. The lowest BCUT2D eigenvalue weighted by molar-refractivity contribution is -0.0624. The molecule has 2 fully saturated rings. The third-order valence-corrected chi connectivity index (χ3v) is 4.74. The summed E-state index contributed by atoms with van der Waals surface area (Å²) < 4.78 is 6.34. The summed E-state index contributed by atoms with van der Waals surface area (Å²) in [7, 11) is 0. The maximum absolute atomic E-state index is 9.26. The van der Waals surface area contributed by atoms with Crippen LogP contribution in [-0.2, 0) is 11.3 Å². The van der Waals surface area contributed by atoms with Gasteiger partial charge in [-0.05, 0) is 43.4 Å². The second-order valence-corrected chi connectivity index (χ2v) is 6.32. The number of benzene rings is 1. The topological polar surface area (TPSA) is 41.5 Å². The lowest BCUT2D eigenvalue weighted by Gasteiger charge is -2.33. The highest BCUT2D eigenvalue weighted by Crippen LogP contribution is 2.41. The maximum Gasteiger partial charge on any atom is 0.115 e. The summed E-state index contributed by atoms with van der Waals surface area (Å²) in [4.78, 5) is 0. The standard InChI is InChI=1S/C17H25NO2/c19-15-6-4-14(5-7-15)12-18-13-16-8-11-17(20-16)9-2-1-3-10-17/h4-7,16,18-19H,1-3,8-13H2. The fourth-order valence-electron chi connectivity index (χ4n) is 3.59. The van der Waals surface area contributed by atoms with Crippen molar-refractivity contribution in [2.24, 2.45) is 0 Å². The van der Waals surface area contributed by atoms with Crippen LogP contribution in [0.4, 0.5) is 0 Å². The van der Waals surface area contributed by atoms with Crippen molar-refractivity contribution in [2.45, 2.75) is 63.2 Å². The molecule has 0 bridgehead atoms. The summed E-state index contributed by atoms with van der Waals surface area (Å²) in [6.07, 6.45) is 9.42. The van der Waals surface area contributed by atoms with Crippen LogP contribution in [0, 0.1) is 0 Å². The highest BCUT2D eigenvalue weighted by atomic mass is 16.5. The molecule has 1 spiro atoms. The molecule has 1 aromatic carbocycles. The van der Waals surface area contributed by atoms with E-state index < -0.39 is 0 Å². The minimum atomic E-state index is 0.225. The SMILES string of the molecule is Oc1ccc(CNCC2CCC3(CCCCC3)O2)cc1. The van der Waals surface area contributed by atoms with Crippen LogP contribution in [0.5, 0.6) is 5.75 Å². The number of ether oxygens (including phenoxy) is 1. The Morgan fingerprint density at radius 3 is 2.60 bits per heavy atom. The largest absolute Gasteiger partial charge is 0.508 e. The van der Waals surface area contributed by atoms with Crippen LogP contribution in [0.1, 0.15) is 50.5 Å². The minimum absolute atomic E-state index is 0.225. The fourth-order valence-corrected chi connectivity index (χ4v) is 3.59. The molecule has 110 valence electrons. The second-order valence-electron chi connectivity index (χ2n) is 6.32. The van der Waals surface area contributed by atoms with E-state index in [1.807, 2.05) is 12.1 Å². The summed E-state index contributed by atoms with van der Waals surface area (Å²) in [5, 5.41) is 12.7. The Balaban J connectivity index is 1.42. The first-order valence-corrected chi connectivity index (χ1v) is 7.92. The molecule has 1 saturated heterocycles. The Morgan fingerprint density at radius 2 is 1.85 bits per heavy atom. The molecule has 3 heteroatoms. The van der Waals surface area contributed by atoms with Crippen LogP contribution in [0.15, 0.2) is 24.3 Å². The normalized spacial score (nSPS) is 25.1. The fraction of sp³-hybridized carbons (Fsp3) is 0.647. The summed E-state index contributed by atoms with van der Waals surface area (Å²) in [6.45, 7) is 1.77. The summed E-state index contributed by atoms with van der Waals surface area (Å²) >= 11 is 0. The molecular formula is C17H25NO2. The van der Waals surface area contributed by atoms with Crippen molar-refractivity contribution < 1.29 is 9.84 Å². The number of hydrogen-bond acceptors (Lipinski definition) is 3. The van der Waals surface area contributed by atoms with Crippen molar-refractivity contribution in [3.05, 3.63) is 29.8 Å². The Hall–Kier alpha value is -1.06. The van der Waals surface area contributed by atoms with Gasteiger partial charge in [0.25, 0.3) is 0 Å². The van der Waals surface area contributed by atoms with E-state index in [9.17, 15) is 5.11 Å². The van der Waals surface area contributed by atoms with Crippen molar-refractivity contribution in [1.82, 2.24) is 5.32 Å². The van der Waals surface area contributed by atoms with Gasteiger partial charge in [0.15, 0.2) is 0 Å². The molecule has 1 heterocycles. The van der Waals surface area contributed by atoms with Crippen molar-refractivity contribution in [3.63, 3.8) is 0 Å². The van der Waals surface area contributed by atoms with Gasteiger partial charge in [0.05, 0.1) is 11.7 Å². The molecule has 3 nitrogen and oxygen atoms in total. The predicted octanol–water partition coefficient (Wildman–Crippen LogP) is 3.36. The van der Waals surface area contributed by atoms with Crippen LogP contribution >= 0.6 is 0 Å². The second kappa shape index (κ2) is 6.15. The number of nitrogens with one attached hydrogen (secondary N) is 1. The van der Waals surface area contributed by atoms with Gasteiger partial charge in [-0.1, -0.05) is 31.4 Å². The van der Waals surface area contributed by atoms with Crippen molar-refractivity contribution in [2.75, 3.05) is 6.54 Å². The molecule has 20 heavy (non-hydrogen) atoms. The van der Waals surface area contributed by atoms with E-state index in [0.29, 0.717) is 11.9 Å². The molecule has 2 N–H and O–H groups in total. The van der Waals surface area contributed by atoms with E-state index in [4.69, 9.17) is 4.74 Å². The average molecular weight is 275 g/mol. The Labute approximate surface area is 121 Å². The lowest BCUT2D eigenvalue weighted by atomic mass is 9.83. The molecule has 3 rings (SSSR count). The minimum Gasteiger partial charge on any atom is -0.508 e. The molecule has 1 aliphatic heterocycles. The maximum atomic E-state index is 9.26. The van der Waals surface area contributed by atoms with Crippen molar-refractivity contribution in [1.29, 1.82) is 0 Å². The van der Waals surface area contributed by atoms with Crippen LogP contribution in [-0.4, -0.2) is 23.4 Å². The zero-order valence-electron chi connectivity index (χ0n) is 12.1. The van der Waals surface area contributed by atoms with Crippen molar-refractivity contribution in [3.8, 4) is 5.75 Å². The van der Waals surface area contributed by atoms with E-state index in [0.717, 1.165) is 13.1 Å². The highest BCUT2D eigenvalue weighted by molar-refractivity contribution is 5.25. The van der Waals surface area contributed by atoms with Gasteiger partial charge in [-0.15, -0.1) is 0 Å². The molecule has 0 amide bonds. The predicted molar refractivity (Wildman–Crippen MR) is 79.7 cm³/mol. The number of phenols is 1. The zero-order chi connectivity index (χ0) is 13.8. The highest BCUT2D eigenvalue weighted by Gasteiger charge is 2.40.